The fourth-order valence-electron chi connectivity index (χ4n) is 1.75. The van der Waals surface area contributed by atoms with E-state index in [9.17, 15) is 13.2 Å². The monoisotopic (exact) mass is 273 g/mol. The lowest BCUT2D eigenvalue weighted by Crippen LogP contribution is -2.13. The summed E-state index contributed by atoms with van der Waals surface area (Å²) < 4.78 is 40.8. The molecule has 0 radical (unpaired) electrons. The Morgan fingerprint density at radius 2 is 2.11 bits per heavy atom. The van der Waals surface area contributed by atoms with Gasteiger partial charge in [-0.3, -0.25) is 9.36 Å². The summed E-state index contributed by atoms with van der Waals surface area (Å²) >= 11 is 0. The summed E-state index contributed by atoms with van der Waals surface area (Å²) in [6, 6.07) is 2.80. The molecule has 19 heavy (non-hydrogen) atoms. The number of hydrogen-bond donors (Lipinski definition) is 1. The summed E-state index contributed by atoms with van der Waals surface area (Å²) in [6.07, 6.45) is -2.78. The van der Waals surface area contributed by atoms with Crippen LogP contribution in [0.1, 0.15) is 18.3 Å². The lowest BCUT2D eigenvalue weighted by atomic mass is 10.3. The Hall–Kier alpha value is -1.99. The molecule has 0 amide bonds. The Morgan fingerprint density at radius 1 is 1.37 bits per heavy atom. The van der Waals surface area contributed by atoms with Gasteiger partial charge in [-0.1, -0.05) is 0 Å². The molecule has 0 saturated carbocycles. The van der Waals surface area contributed by atoms with Crippen molar-refractivity contribution in [3.8, 4) is 0 Å². The summed E-state index contributed by atoms with van der Waals surface area (Å²) in [5.41, 5.74) is -0.382. The number of alkyl halides is 3. The van der Waals surface area contributed by atoms with Gasteiger partial charge in [0.15, 0.2) is 0 Å². The molecule has 2 aromatic rings. The highest BCUT2D eigenvalue weighted by Gasteiger charge is 2.35. The number of aromatic nitrogens is 4. The number of rotatable bonds is 4. The van der Waals surface area contributed by atoms with Crippen molar-refractivity contribution < 1.29 is 13.2 Å². The first-order valence-electron chi connectivity index (χ1n) is 5.77. The normalized spacial score (nSPS) is 11.8. The maximum absolute atomic E-state index is 12.7. The fraction of sp³-hybridized carbons (Fsp3) is 0.455. The third-order valence-corrected chi connectivity index (χ3v) is 2.69. The molecular formula is C11H14F3N5. The molecule has 0 fully saturated rings. The summed E-state index contributed by atoms with van der Waals surface area (Å²) in [4.78, 5) is 0. The molecule has 0 aliphatic rings. The highest BCUT2D eigenvalue weighted by Crippen LogP contribution is 2.29. The number of nitrogens with zero attached hydrogens (tertiary/aromatic N) is 4. The van der Waals surface area contributed by atoms with Crippen molar-refractivity contribution in [1.29, 1.82) is 0 Å². The van der Waals surface area contributed by atoms with Crippen LogP contribution in [-0.4, -0.2) is 19.6 Å². The predicted molar refractivity (Wildman–Crippen MR) is 63.4 cm³/mol. The SMILES string of the molecule is CCn1nc(CNc2ccnn2C)cc1C(F)(F)F. The Morgan fingerprint density at radius 3 is 2.58 bits per heavy atom. The van der Waals surface area contributed by atoms with Crippen molar-refractivity contribution in [3.63, 3.8) is 0 Å². The molecule has 0 aliphatic carbocycles. The van der Waals surface area contributed by atoms with Crippen LogP contribution in [0.15, 0.2) is 18.3 Å². The average Bonchev–Trinajstić information content (AvgIpc) is 2.91. The number of nitrogens with one attached hydrogen (secondary N) is 1. The molecule has 104 valence electrons. The molecule has 8 heteroatoms. The molecule has 0 spiro atoms. The molecule has 0 atom stereocenters. The fourth-order valence-corrected chi connectivity index (χ4v) is 1.75. The van der Waals surface area contributed by atoms with E-state index < -0.39 is 11.9 Å². The molecule has 2 aromatic heterocycles. The van der Waals surface area contributed by atoms with Gasteiger partial charge in [0.05, 0.1) is 18.4 Å². The molecule has 0 saturated heterocycles. The molecule has 2 rings (SSSR count). The topological polar surface area (TPSA) is 47.7 Å². The van der Waals surface area contributed by atoms with Crippen molar-refractivity contribution in [2.75, 3.05) is 5.32 Å². The minimum Gasteiger partial charge on any atom is -0.365 e. The van der Waals surface area contributed by atoms with Gasteiger partial charge in [0.1, 0.15) is 11.5 Å². The quantitative estimate of drug-likeness (QED) is 0.929. The number of aryl methyl sites for hydroxylation is 2. The van der Waals surface area contributed by atoms with E-state index in [0.717, 1.165) is 16.6 Å². The zero-order chi connectivity index (χ0) is 14.0. The van der Waals surface area contributed by atoms with Gasteiger partial charge in [-0.25, -0.2) is 0 Å². The predicted octanol–water partition coefficient (Wildman–Crippen LogP) is 2.27. The Labute approximate surface area is 108 Å². The number of anilines is 1. The first kappa shape index (κ1) is 13.4. The van der Waals surface area contributed by atoms with E-state index >= 15 is 0 Å². The van der Waals surface area contributed by atoms with Gasteiger partial charge in [-0.2, -0.15) is 23.4 Å². The largest absolute Gasteiger partial charge is 0.433 e. The second-order valence-corrected chi connectivity index (χ2v) is 4.03. The van der Waals surface area contributed by atoms with Crippen LogP contribution in [-0.2, 0) is 26.3 Å². The van der Waals surface area contributed by atoms with E-state index in [1.807, 2.05) is 0 Å². The van der Waals surface area contributed by atoms with Gasteiger partial charge in [-0.15, -0.1) is 0 Å². The number of halogens is 3. The van der Waals surface area contributed by atoms with E-state index in [1.54, 1.807) is 30.9 Å². The van der Waals surface area contributed by atoms with E-state index in [-0.39, 0.29) is 13.1 Å². The average molecular weight is 273 g/mol. The lowest BCUT2D eigenvalue weighted by Gasteiger charge is -2.07. The highest BCUT2D eigenvalue weighted by molar-refractivity contribution is 5.34. The Kier molecular flexibility index (Phi) is 3.50. The van der Waals surface area contributed by atoms with Gasteiger partial charge in [0.2, 0.25) is 0 Å². The van der Waals surface area contributed by atoms with E-state index in [4.69, 9.17) is 0 Å². The van der Waals surface area contributed by atoms with Crippen LogP contribution < -0.4 is 5.32 Å². The Bertz CT molecular complexity index is 555. The third-order valence-electron chi connectivity index (χ3n) is 2.69. The zero-order valence-corrected chi connectivity index (χ0v) is 10.6. The molecule has 2 heterocycles. The van der Waals surface area contributed by atoms with Crippen LogP contribution in [0.25, 0.3) is 0 Å². The first-order valence-corrected chi connectivity index (χ1v) is 5.77. The third kappa shape index (κ3) is 2.88. The summed E-state index contributed by atoms with van der Waals surface area (Å²) in [5.74, 6) is 0.722. The molecular weight excluding hydrogens is 259 g/mol. The van der Waals surface area contributed by atoms with Gasteiger partial charge in [0.25, 0.3) is 0 Å². The smallest absolute Gasteiger partial charge is 0.365 e. The number of hydrogen-bond acceptors (Lipinski definition) is 3. The lowest BCUT2D eigenvalue weighted by molar-refractivity contribution is -0.144. The maximum atomic E-state index is 12.7. The second kappa shape index (κ2) is 4.94. The van der Waals surface area contributed by atoms with Crippen molar-refractivity contribution in [3.05, 3.63) is 29.7 Å². The van der Waals surface area contributed by atoms with Crippen LogP contribution in [0, 0.1) is 0 Å². The Balaban J connectivity index is 2.14. The molecule has 0 aliphatic heterocycles. The van der Waals surface area contributed by atoms with Crippen LogP contribution in [0.3, 0.4) is 0 Å². The van der Waals surface area contributed by atoms with E-state index in [0.29, 0.717) is 5.69 Å². The molecule has 0 bridgehead atoms. The van der Waals surface area contributed by atoms with Gasteiger partial charge in [-0.05, 0) is 13.0 Å². The minimum atomic E-state index is -4.38. The van der Waals surface area contributed by atoms with Crippen LogP contribution >= 0.6 is 0 Å². The van der Waals surface area contributed by atoms with Crippen LogP contribution in [0.4, 0.5) is 19.0 Å². The van der Waals surface area contributed by atoms with Gasteiger partial charge in [0, 0.05) is 19.7 Å². The van der Waals surface area contributed by atoms with E-state index in [2.05, 4.69) is 15.5 Å². The van der Waals surface area contributed by atoms with Crippen molar-refractivity contribution in [1.82, 2.24) is 19.6 Å². The second-order valence-electron chi connectivity index (χ2n) is 4.03. The standard InChI is InChI=1S/C11H14F3N5/c1-3-19-9(11(12,13)14)6-8(17-19)7-15-10-4-5-16-18(10)2/h4-6,15H,3,7H2,1-2H3. The molecule has 0 unspecified atom stereocenters. The van der Waals surface area contributed by atoms with Crippen LogP contribution in [0.2, 0.25) is 0 Å². The van der Waals surface area contributed by atoms with Gasteiger partial charge < -0.3 is 5.32 Å². The molecule has 1 N–H and O–H groups in total. The van der Waals surface area contributed by atoms with Crippen molar-refractivity contribution in [2.24, 2.45) is 7.05 Å². The minimum absolute atomic E-state index is 0.181. The first-order chi connectivity index (χ1) is 8.91. The maximum Gasteiger partial charge on any atom is 0.433 e. The summed E-state index contributed by atoms with van der Waals surface area (Å²) in [7, 11) is 1.74. The zero-order valence-electron chi connectivity index (χ0n) is 10.6. The summed E-state index contributed by atoms with van der Waals surface area (Å²) in [6.45, 7) is 2.02. The molecule has 0 aromatic carbocycles. The van der Waals surface area contributed by atoms with Crippen molar-refractivity contribution >= 4 is 5.82 Å². The highest BCUT2D eigenvalue weighted by atomic mass is 19.4. The van der Waals surface area contributed by atoms with Crippen molar-refractivity contribution in [2.45, 2.75) is 26.2 Å². The molecule has 5 nitrogen and oxygen atoms in total. The van der Waals surface area contributed by atoms with Crippen LogP contribution in [0.5, 0.6) is 0 Å². The van der Waals surface area contributed by atoms with E-state index in [1.165, 1.54) is 0 Å². The summed E-state index contributed by atoms with van der Waals surface area (Å²) in [5, 5.41) is 10.9. The van der Waals surface area contributed by atoms with Gasteiger partial charge >= 0.3 is 6.18 Å².